The number of aliphatic imine (C=N–C) groups is 1. The van der Waals surface area contributed by atoms with Crippen molar-refractivity contribution in [2.75, 3.05) is 4.90 Å². The highest BCUT2D eigenvalue weighted by Gasteiger charge is 2.36. The third-order valence-electron chi connectivity index (χ3n) is 4.58. The van der Waals surface area contributed by atoms with E-state index in [4.69, 9.17) is 23.2 Å². The fourth-order valence-electron chi connectivity index (χ4n) is 3.10. The van der Waals surface area contributed by atoms with Gasteiger partial charge in [0.05, 0.1) is 16.3 Å². The Hall–Kier alpha value is -3.09. The molecule has 0 fully saturated rings. The second-order valence-electron chi connectivity index (χ2n) is 6.69. The summed E-state index contributed by atoms with van der Waals surface area (Å²) >= 11 is 12.1. The maximum Gasteiger partial charge on any atom is 0.416 e. The lowest BCUT2D eigenvalue weighted by Gasteiger charge is -2.21. The highest BCUT2D eigenvalue weighted by atomic mass is 35.5. The van der Waals surface area contributed by atoms with Gasteiger partial charge in [0.2, 0.25) is 0 Å². The summed E-state index contributed by atoms with van der Waals surface area (Å²) in [4.78, 5) is 18.8. The van der Waals surface area contributed by atoms with Gasteiger partial charge >= 0.3 is 6.18 Å². The van der Waals surface area contributed by atoms with Crippen LogP contribution in [0.2, 0.25) is 10.0 Å². The molecule has 156 valence electrons. The van der Waals surface area contributed by atoms with Gasteiger partial charge in [-0.3, -0.25) is 9.69 Å². The molecule has 1 aliphatic heterocycles. The molecular weight excluding hydrogens is 448 g/mol. The quantitative estimate of drug-likeness (QED) is 0.393. The van der Waals surface area contributed by atoms with Crippen LogP contribution in [-0.2, 0) is 11.0 Å². The maximum absolute atomic E-state index is 13.3. The molecule has 4 rings (SSSR count). The van der Waals surface area contributed by atoms with Crippen LogP contribution in [0.5, 0.6) is 0 Å². The molecule has 1 aliphatic rings. The Kier molecular flexibility index (Phi) is 5.60. The lowest BCUT2D eigenvalue weighted by Crippen LogP contribution is -2.33. The van der Waals surface area contributed by atoms with Crippen LogP contribution in [0.3, 0.4) is 0 Å². The van der Waals surface area contributed by atoms with Crippen molar-refractivity contribution < 1.29 is 18.0 Å². The minimum atomic E-state index is -4.59. The van der Waals surface area contributed by atoms with Crippen LogP contribution in [0.1, 0.15) is 16.7 Å². The van der Waals surface area contributed by atoms with Crippen LogP contribution in [0, 0.1) is 0 Å². The van der Waals surface area contributed by atoms with Crippen molar-refractivity contribution >= 4 is 46.7 Å². The average Bonchev–Trinajstić information content (AvgIpc) is 3.06. The van der Waals surface area contributed by atoms with Gasteiger partial charge in [0.1, 0.15) is 11.5 Å². The molecule has 0 bridgehead atoms. The van der Waals surface area contributed by atoms with Crippen LogP contribution >= 0.6 is 23.2 Å². The van der Waals surface area contributed by atoms with Gasteiger partial charge in [0, 0.05) is 10.6 Å². The number of amidine groups is 1. The van der Waals surface area contributed by atoms with E-state index in [1.807, 2.05) is 0 Å². The first-order valence-corrected chi connectivity index (χ1v) is 9.82. The normalized spacial score (nSPS) is 15.5. The zero-order chi connectivity index (χ0) is 22.2. The molecule has 0 saturated heterocycles. The molecule has 8 heteroatoms. The Bertz CT molecular complexity index is 1200. The standard InChI is InChI=1S/C23H13Cl2F3N2O/c24-17-9-6-14(7-10-17)12-19-22(31)30(21(29-19)15-4-2-1-3-5-15)20-13-16(23(26,27)28)8-11-18(20)25/h1-13H/b19-12-. The zero-order valence-corrected chi connectivity index (χ0v) is 17.2. The molecule has 0 N–H and O–H groups in total. The van der Waals surface area contributed by atoms with Crippen LogP contribution in [0.4, 0.5) is 18.9 Å². The number of halogens is 5. The highest BCUT2D eigenvalue weighted by Crippen LogP contribution is 2.38. The van der Waals surface area contributed by atoms with Crippen molar-refractivity contribution in [1.82, 2.24) is 0 Å². The Morgan fingerprint density at radius 3 is 2.23 bits per heavy atom. The summed E-state index contributed by atoms with van der Waals surface area (Å²) in [5, 5.41) is 0.531. The largest absolute Gasteiger partial charge is 0.416 e. The van der Waals surface area contributed by atoms with Crippen LogP contribution in [-0.4, -0.2) is 11.7 Å². The SMILES string of the molecule is O=C1/C(=C/c2ccc(Cl)cc2)N=C(c2ccccc2)N1c1cc(C(F)(F)F)ccc1Cl. The Morgan fingerprint density at radius 2 is 1.58 bits per heavy atom. The van der Waals surface area contributed by atoms with Gasteiger partial charge in [-0.15, -0.1) is 0 Å². The molecule has 3 nitrogen and oxygen atoms in total. The molecular formula is C23H13Cl2F3N2O. The Balaban J connectivity index is 1.86. The van der Waals surface area contributed by atoms with Crippen LogP contribution in [0.15, 0.2) is 83.5 Å². The van der Waals surface area contributed by atoms with Gasteiger partial charge in [-0.2, -0.15) is 13.2 Å². The number of hydrogen-bond acceptors (Lipinski definition) is 2. The van der Waals surface area contributed by atoms with Crippen molar-refractivity contribution in [2.45, 2.75) is 6.18 Å². The molecule has 0 spiro atoms. The summed E-state index contributed by atoms with van der Waals surface area (Å²) < 4.78 is 39.9. The van der Waals surface area contributed by atoms with E-state index < -0.39 is 17.6 Å². The van der Waals surface area contributed by atoms with E-state index in [1.165, 1.54) is 0 Å². The Labute approximate surface area is 186 Å². The molecule has 1 amide bonds. The second-order valence-corrected chi connectivity index (χ2v) is 7.53. The monoisotopic (exact) mass is 460 g/mol. The van der Waals surface area contributed by atoms with E-state index >= 15 is 0 Å². The van der Waals surface area contributed by atoms with E-state index in [-0.39, 0.29) is 22.2 Å². The number of amides is 1. The predicted molar refractivity (Wildman–Crippen MR) is 116 cm³/mol. The first kappa shape index (κ1) is 21.2. The number of alkyl halides is 3. The molecule has 3 aromatic carbocycles. The smallest absolute Gasteiger partial charge is 0.266 e. The fraction of sp³-hybridized carbons (Fsp3) is 0.0435. The van der Waals surface area contributed by atoms with Crippen molar-refractivity contribution in [3.05, 3.63) is 105 Å². The minimum Gasteiger partial charge on any atom is -0.266 e. The average molecular weight is 461 g/mol. The molecule has 0 radical (unpaired) electrons. The third kappa shape index (κ3) is 4.36. The number of rotatable bonds is 3. The van der Waals surface area contributed by atoms with Crippen LogP contribution in [0.25, 0.3) is 6.08 Å². The molecule has 0 saturated carbocycles. The summed E-state index contributed by atoms with van der Waals surface area (Å²) in [6, 6.07) is 18.3. The maximum atomic E-state index is 13.3. The molecule has 0 unspecified atom stereocenters. The molecule has 31 heavy (non-hydrogen) atoms. The number of anilines is 1. The highest BCUT2D eigenvalue weighted by molar-refractivity contribution is 6.39. The predicted octanol–water partition coefficient (Wildman–Crippen LogP) is 6.85. The topological polar surface area (TPSA) is 32.7 Å². The molecule has 1 heterocycles. The van der Waals surface area contributed by atoms with Crippen molar-refractivity contribution in [2.24, 2.45) is 4.99 Å². The van der Waals surface area contributed by atoms with Crippen molar-refractivity contribution in [3.8, 4) is 0 Å². The summed E-state index contributed by atoms with van der Waals surface area (Å²) in [6.45, 7) is 0. The van der Waals surface area contributed by atoms with Crippen molar-refractivity contribution in [1.29, 1.82) is 0 Å². The van der Waals surface area contributed by atoms with E-state index in [1.54, 1.807) is 60.7 Å². The van der Waals surface area contributed by atoms with Gasteiger partial charge in [-0.05, 0) is 42.0 Å². The number of carbonyl (C=O) groups is 1. The fourth-order valence-corrected chi connectivity index (χ4v) is 3.43. The van der Waals surface area contributed by atoms with Gasteiger partial charge in [-0.25, -0.2) is 4.99 Å². The number of hydrogen-bond donors (Lipinski definition) is 0. The summed E-state index contributed by atoms with van der Waals surface area (Å²) in [6.07, 6.45) is -3.04. The number of nitrogens with zero attached hydrogens (tertiary/aromatic N) is 2. The Morgan fingerprint density at radius 1 is 0.903 bits per heavy atom. The van der Waals surface area contributed by atoms with Crippen molar-refractivity contribution in [3.63, 3.8) is 0 Å². The van der Waals surface area contributed by atoms with E-state index in [0.717, 1.165) is 23.1 Å². The lowest BCUT2D eigenvalue weighted by molar-refractivity contribution is -0.137. The van der Waals surface area contributed by atoms with E-state index in [0.29, 0.717) is 16.1 Å². The molecule has 0 aliphatic carbocycles. The van der Waals surface area contributed by atoms with Gasteiger partial charge in [0.25, 0.3) is 5.91 Å². The summed E-state index contributed by atoms with van der Waals surface area (Å²) in [5.41, 5.74) is 0.283. The number of benzene rings is 3. The first-order valence-electron chi connectivity index (χ1n) is 9.06. The molecule has 0 atom stereocenters. The van der Waals surface area contributed by atoms with Gasteiger partial charge in [0.15, 0.2) is 0 Å². The molecule has 0 aromatic heterocycles. The third-order valence-corrected chi connectivity index (χ3v) is 5.15. The van der Waals surface area contributed by atoms with Gasteiger partial charge < -0.3 is 0 Å². The van der Waals surface area contributed by atoms with E-state index in [9.17, 15) is 18.0 Å². The van der Waals surface area contributed by atoms with Crippen LogP contribution < -0.4 is 4.90 Å². The summed E-state index contributed by atoms with van der Waals surface area (Å²) in [7, 11) is 0. The zero-order valence-electron chi connectivity index (χ0n) is 15.7. The molecule has 3 aromatic rings. The van der Waals surface area contributed by atoms with Gasteiger partial charge in [-0.1, -0.05) is 65.7 Å². The van der Waals surface area contributed by atoms with E-state index in [2.05, 4.69) is 4.99 Å². The first-order chi connectivity index (χ1) is 14.7. The summed E-state index contributed by atoms with van der Waals surface area (Å²) in [5.74, 6) is -0.401. The number of carbonyl (C=O) groups excluding carboxylic acids is 1. The lowest BCUT2D eigenvalue weighted by atomic mass is 10.1. The second kappa shape index (κ2) is 8.21. The minimum absolute atomic E-state index is 0.00211.